The summed E-state index contributed by atoms with van der Waals surface area (Å²) in [6.45, 7) is 2.14. The zero-order chi connectivity index (χ0) is 13.5. The van der Waals surface area contributed by atoms with Crippen molar-refractivity contribution in [1.82, 2.24) is 5.32 Å². The highest BCUT2D eigenvalue weighted by Gasteiger charge is 2.17. The number of hydrogen-bond acceptors (Lipinski definition) is 5. The number of nitrogens with one attached hydrogen (secondary N) is 1. The molecule has 0 unspecified atom stereocenters. The molecular weight excluding hydrogens is 236 g/mol. The fourth-order valence-corrected chi connectivity index (χ4v) is 1.38. The van der Waals surface area contributed by atoms with Crippen LogP contribution in [0.1, 0.15) is 17.3 Å². The third-order valence-corrected chi connectivity index (χ3v) is 2.18. The van der Waals surface area contributed by atoms with Crippen molar-refractivity contribution in [2.75, 3.05) is 26.0 Å². The summed E-state index contributed by atoms with van der Waals surface area (Å²) < 4.78 is 9.87. The zero-order valence-electron chi connectivity index (χ0n) is 10.4. The van der Waals surface area contributed by atoms with Gasteiger partial charge in [0.15, 0.2) is 6.61 Å². The lowest BCUT2D eigenvalue weighted by atomic mass is 10.1. The number of rotatable bonds is 5. The predicted octanol–water partition coefficient (Wildman–Crippen LogP) is 0.570. The minimum absolute atomic E-state index is 0.129. The lowest BCUT2D eigenvalue weighted by Gasteiger charge is -2.11. The fourth-order valence-electron chi connectivity index (χ4n) is 1.38. The summed E-state index contributed by atoms with van der Waals surface area (Å²) in [5.41, 5.74) is 6.06. The number of nitrogen functional groups attached to an aromatic ring is 1. The molecule has 0 aliphatic rings. The standard InChI is InChI=1S/C12H16N2O4/c1-3-14-10(15)7-18-9-6-4-5-8(13)11(9)12(16)17-2/h4-6H,3,7,13H2,1-2H3,(H,14,15). The van der Waals surface area contributed by atoms with Gasteiger partial charge in [0.2, 0.25) is 0 Å². The van der Waals surface area contributed by atoms with Crippen LogP contribution < -0.4 is 15.8 Å². The van der Waals surface area contributed by atoms with Crippen LogP contribution in [0.15, 0.2) is 18.2 Å². The second kappa shape index (κ2) is 6.48. The van der Waals surface area contributed by atoms with Gasteiger partial charge in [-0.1, -0.05) is 6.07 Å². The van der Waals surface area contributed by atoms with Crippen molar-refractivity contribution >= 4 is 17.6 Å². The summed E-state index contributed by atoms with van der Waals surface area (Å²) in [5.74, 6) is -0.636. The van der Waals surface area contributed by atoms with Crippen LogP contribution >= 0.6 is 0 Å². The number of carbonyl (C=O) groups excluding carboxylic acids is 2. The number of likely N-dealkylation sites (N-methyl/N-ethyl adjacent to an activating group) is 1. The number of anilines is 1. The second-order valence-electron chi connectivity index (χ2n) is 3.45. The van der Waals surface area contributed by atoms with Crippen molar-refractivity contribution in [2.24, 2.45) is 0 Å². The van der Waals surface area contributed by atoms with Gasteiger partial charge in [0.1, 0.15) is 11.3 Å². The molecular formula is C12H16N2O4. The molecule has 1 aromatic rings. The summed E-state index contributed by atoms with van der Waals surface area (Å²) in [6, 6.07) is 4.75. The van der Waals surface area contributed by atoms with Gasteiger partial charge in [0.05, 0.1) is 7.11 Å². The minimum Gasteiger partial charge on any atom is -0.483 e. The molecule has 1 amide bonds. The smallest absolute Gasteiger partial charge is 0.343 e. The van der Waals surface area contributed by atoms with Crippen molar-refractivity contribution in [3.8, 4) is 5.75 Å². The molecule has 0 fully saturated rings. The molecule has 0 bridgehead atoms. The number of ether oxygens (including phenoxy) is 2. The van der Waals surface area contributed by atoms with E-state index >= 15 is 0 Å². The number of methoxy groups -OCH3 is 1. The molecule has 0 radical (unpaired) electrons. The van der Waals surface area contributed by atoms with Crippen molar-refractivity contribution < 1.29 is 19.1 Å². The van der Waals surface area contributed by atoms with Gasteiger partial charge < -0.3 is 20.5 Å². The molecule has 6 nitrogen and oxygen atoms in total. The fraction of sp³-hybridized carbons (Fsp3) is 0.333. The van der Waals surface area contributed by atoms with Gasteiger partial charge in [-0.25, -0.2) is 4.79 Å². The average molecular weight is 252 g/mol. The maximum absolute atomic E-state index is 11.5. The first-order valence-corrected chi connectivity index (χ1v) is 5.46. The normalized spacial score (nSPS) is 9.67. The van der Waals surface area contributed by atoms with E-state index in [9.17, 15) is 9.59 Å². The first kappa shape index (κ1) is 13.8. The van der Waals surface area contributed by atoms with Crippen LogP contribution in [0.5, 0.6) is 5.75 Å². The van der Waals surface area contributed by atoms with Gasteiger partial charge in [-0.3, -0.25) is 4.79 Å². The molecule has 0 aromatic heterocycles. The maximum atomic E-state index is 11.5. The quantitative estimate of drug-likeness (QED) is 0.590. The van der Waals surface area contributed by atoms with Crippen molar-refractivity contribution in [3.63, 3.8) is 0 Å². The Morgan fingerprint density at radius 1 is 1.39 bits per heavy atom. The molecule has 1 rings (SSSR count). The molecule has 1 aromatic carbocycles. The van der Waals surface area contributed by atoms with Gasteiger partial charge in [-0.2, -0.15) is 0 Å². The summed E-state index contributed by atoms with van der Waals surface area (Å²) in [7, 11) is 1.25. The average Bonchev–Trinajstić information content (AvgIpc) is 2.36. The lowest BCUT2D eigenvalue weighted by molar-refractivity contribution is -0.123. The number of carbonyl (C=O) groups is 2. The predicted molar refractivity (Wildman–Crippen MR) is 66.4 cm³/mol. The Bertz CT molecular complexity index is 446. The van der Waals surface area contributed by atoms with E-state index in [4.69, 9.17) is 10.5 Å². The van der Waals surface area contributed by atoms with E-state index in [-0.39, 0.29) is 29.5 Å². The molecule has 0 saturated heterocycles. The van der Waals surface area contributed by atoms with E-state index in [2.05, 4.69) is 10.1 Å². The van der Waals surface area contributed by atoms with Gasteiger partial charge >= 0.3 is 5.97 Å². The van der Waals surface area contributed by atoms with Gasteiger partial charge in [-0.05, 0) is 19.1 Å². The second-order valence-corrected chi connectivity index (χ2v) is 3.45. The molecule has 98 valence electrons. The topological polar surface area (TPSA) is 90.6 Å². The highest BCUT2D eigenvalue weighted by molar-refractivity contribution is 5.98. The van der Waals surface area contributed by atoms with Gasteiger partial charge in [0.25, 0.3) is 5.91 Å². The van der Waals surface area contributed by atoms with E-state index in [0.717, 1.165) is 0 Å². The Hall–Kier alpha value is -2.24. The Morgan fingerprint density at radius 2 is 2.11 bits per heavy atom. The Kier molecular flexibility index (Phi) is 4.98. The van der Waals surface area contributed by atoms with Crippen LogP contribution in [0.25, 0.3) is 0 Å². The van der Waals surface area contributed by atoms with Crippen LogP contribution in [-0.4, -0.2) is 32.1 Å². The highest BCUT2D eigenvalue weighted by Crippen LogP contribution is 2.25. The summed E-state index contributed by atoms with van der Waals surface area (Å²) >= 11 is 0. The van der Waals surface area contributed by atoms with Crippen LogP contribution in [0.3, 0.4) is 0 Å². The summed E-state index contributed by atoms with van der Waals surface area (Å²) in [6.07, 6.45) is 0. The molecule has 0 atom stereocenters. The molecule has 18 heavy (non-hydrogen) atoms. The number of esters is 1. The van der Waals surface area contributed by atoms with Crippen LogP contribution in [0.2, 0.25) is 0 Å². The molecule has 0 spiro atoms. The molecule has 0 heterocycles. The summed E-state index contributed by atoms with van der Waals surface area (Å²) in [4.78, 5) is 22.8. The minimum atomic E-state index is -0.598. The number of nitrogens with two attached hydrogens (primary N) is 1. The number of amides is 1. The lowest BCUT2D eigenvalue weighted by Crippen LogP contribution is -2.28. The van der Waals surface area contributed by atoms with Crippen LogP contribution in [0.4, 0.5) is 5.69 Å². The van der Waals surface area contributed by atoms with Crippen LogP contribution in [0, 0.1) is 0 Å². The Labute approximate surface area is 105 Å². The van der Waals surface area contributed by atoms with E-state index in [1.54, 1.807) is 25.1 Å². The Balaban J connectivity index is 2.85. The number of hydrogen-bond donors (Lipinski definition) is 2. The third-order valence-electron chi connectivity index (χ3n) is 2.18. The van der Waals surface area contributed by atoms with E-state index in [1.165, 1.54) is 7.11 Å². The Morgan fingerprint density at radius 3 is 2.72 bits per heavy atom. The largest absolute Gasteiger partial charge is 0.483 e. The van der Waals surface area contributed by atoms with Crippen molar-refractivity contribution in [3.05, 3.63) is 23.8 Å². The third kappa shape index (κ3) is 3.38. The first-order valence-electron chi connectivity index (χ1n) is 5.46. The maximum Gasteiger partial charge on any atom is 0.343 e. The van der Waals surface area contributed by atoms with Gasteiger partial charge in [-0.15, -0.1) is 0 Å². The zero-order valence-corrected chi connectivity index (χ0v) is 10.4. The SMILES string of the molecule is CCNC(=O)COc1cccc(N)c1C(=O)OC. The van der Waals surface area contributed by atoms with Crippen molar-refractivity contribution in [2.45, 2.75) is 6.92 Å². The number of benzene rings is 1. The monoisotopic (exact) mass is 252 g/mol. The van der Waals surface area contributed by atoms with Crippen molar-refractivity contribution in [1.29, 1.82) is 0 Å². The van der Waals surface area contributed by atoms with Crippen LogP contribution in [-0.2, 0) is 9.53 Å². The molecule has 0 saturated carbocycles. The van der Waals surface area contributed by atoms with E-state index < -0.39 is 5.97 Å². The molecule has 0 aliphatic carbocycles. The molecule has 0 aliphatic heterocycles. The van der Waals surface area contributed by atoms with E-state index in [0.29, 0.717) is 6.54 Å². The summed E-state index contributed by atoms with van der Waals surface area (Å²) in [5, 5.41) is 2.58. The highest BCUT2D eigenvalue weighted by atomic mass is 16.5. The van der Waals surface area contributed by atoms with E-state index in [1.807, 2.05) is 0 Å². The molecule has 6 heteroatoms. The molecule has 3 N–H and O–H groups in total. The van der Waals surface area contributed by atoms with Gasteiger partial charge in [0, 0.05) is 12.2 Å². The first-order chi connectivity index (χ1) is 8.60.